The summed E-state index contributed by atoms with van der Waals surface area (Å²) >= 11 is 4.03. The minimum atomic E-state index is -0.728. The van der Waals surface area contributed by atoms with Gasteiger partial charge in [0, 0.05) is 14.6 Å². The summed E-state index contributed by atoms with van der Waals surface area (Å²) in [5.74, 6) is -2.42. The van der Waals surface area contributed by atoms with E-state index in [-0.39, 0.29) is 31.2 Å². The van der Waals surface area contributed by atoms with E-state index in [1.807, 2.05) is 17.5 Å². The van der Waals surface area contributed by atoms with Crippen molar-refractivity contribution >= 4 is 63.5 Å². The number of rotatable bonds is 14. The lowest BCUT2D eigenvalue weighted by Crippen LogP contribution is -2.11. The highest BCUT2D eigenvalue weighted by Gasteiger charge is 2.22. The van der Waals surface area contributed by atoms with Gasteiger partial charge in [0.25, 0.3) is 0 Å². The van der Waals surface area contributed by atoms with Crippen molar-refractivity contribution in [3.63, 3.8) is 0 Å². The Balaban J connectivity index is 0.000000423. The van der Waals surface area contributed by atoms with Gasteiger partial charge < -0.3 is 14.6 Å². The zero-order valence-electron chi connectivity index (χ0n) is 21.2. The number of carboxylic acid groups (broad SMARTS) is 1. The second-order valence-corrected chi connectivity index (χ2v) is 11.1. The molecule has 0 aliphatic carbocycles. The highest BCUT2D eigenvalue weighted by molar-refractivity contribution is 7.17. The van der Waals surface area contributed by atoms with Crippen LogP contribution in [0.3, 0.4) is 0 Å². The maximum absolute atomic E-state index is 12.5. The molecule has 0 unspecified atom stereocenters. The first-order valence-corrected chi connectivity index (χ1v) is 14.6. The van der Waals surface area contributed by atoms with E-state index in [1.54, 1.807) is 49.4 Å². The molecule has 11 heteroatoms. The summed E-state index contributed by atoms with van der Waals surface area (Å²) < 4.78 is 9.76. The molecular formula is C27H30O8S3. The van der Waals surface area contributed by atoms with Gasteiger partial charge in [-0.15, -0.1) is 34.0 Å². The summed E-state index contributed by atoms with van der Waals surface area (Å²) in [6.45, 7) is 4.17. The molecule has 0 aromatic carbocycles. The second-order valence-electron chi connectivity index (χ2n) is 7.77. The summed E-state index contributed by atoms with van der Waals surface area (Å²) in [7, 11) is 0. The molecule has 0 amide bonds. The van der Waals surface area contributed by atoms with Crippen LogP contribution in [0.25, 0.3) is 0 Å². The fourth-order valence-corrected chi connectivity index (χ4v) is 5.69. The number of Topliss-reactive ketones (excluding diaryl/α,β-unsaturated/α-hetero) is 2. The predicted molar refractivity (Wildman–Crippen MR) is 147 cm³/mol. The Kier molecular flexibility index (Phi) is 13.6. The number of carbonyl (C=O) groups excluding carboxylic acids is 4. The van der Waals surface area contributed by atoms with Crippen molar-refractivity contribution in [2.45, 2.75) is 52.4 Å². The Bertz CT molecular complexity index is 1140. The molecule has 3 aromatic rings. The number of hydrogen-bond donors (Lipinski definition) is 1. The molecule has 0 aliphatic heterocycles. The largest absolute Gasteiger partial charge is 0.481 e. The van der Waals surface area contributed by atoms with Crippen LogP contribution >= 0.6 is 34.0 Å². The van der Waals surface area contributed by atoms with Gasteiger partial charge in [-0.25, -0.2) is 0 Å². The first kappa shape index (κ1) is 31.1. The van der Waals surface area contributed by atoms with Crippen LogP contribution in [0, 0.1) is 0 Å². The van der Waals surface area contributed by atoms with E-state index in [9.17, 15) is 24.0 Å². The third-order valence-corrected chi connectivity index (χ3v) is 8.13. The lowest BCUT2D eigenvalue weighted by atomic mass is 10.2. The maximum atomic E-state index is 12.5. The summed E-state index contributed by atoms with van der Waals surface area (Å²) in [6.07, 6.45) is 2.33. The molecule has 3 heterocycles. The van der Waals surface area contributed by atoms with Crippen LogP contribution in [0.1, 0.15) is 67.1 Å². The summed E-state index contributed by atoms with van der Waals surface area (Å²) in [6, 6.07) is 10.6. The van der Waals surface area contributed by atoms with Crippen molar-refractivity contribution in [3.8, 4) is 0 Å². The number of aliphatic carboxylic acids is 1. The molecule has 38 heavy (non-hydrogen) atoms. The van der Waals surface area contributed by atoms with Crippen molar-refractivity contribution in [3.05, 3.63) is 66.2 Å². The van der Waals surface area contributed by atoms with Crippen molar-refractivity contribution in [1.82, 2.24) is 0 Å². The summed E-state index contributed by atoms with van der Waals surface area (Å²) in [5.41, 5.74) is 0. The van der Waals surface area contributed by atoms with Crippen molar-refractivity contribution < 1.29 is 38.6 Å². The monoisotopic (exact) mass is 578 g/mol. The Hall–Kier alpha value is -3.15. The Morgan fingerprint density at radius 2 is 1.16 bits per heavy atom. The van der Waals surface area contributed by atoms with Gasteiger partial charge in [0.05, 0.1) is 42.2 Å². The maximum Gasteiger partial charge on any atom is 0.306 e. The number of esters is 2. The van der Waals surface area contributed by atoms with E-state index < -0.39 is 17.5 Å². The van der Waals surface area contributed by atoms with Gasteiger partial charge in [-0.2, -0.15) is 0 Å². The lowest BCUT2D eigenvalue weighted by molar-refractivity contribution is -0.144. The molecule has 0 spiro atoms. The first-order valence-electron chi connectivity index (χ1n) is 12.0. The van der Waals surface area contributed by atoms with Crippen LogP contribution in [-0.2, 0) is 43.1 Å². The number of ether oxygens (including phenoxy) is 2. The number of thiophene rings is 3. The minimum absolute atomic E-state index is 0.237. The van der Waals surface area contributed by atoms with Gasteiger partial charge >= 0.3 is 17.9 Å². The van der Waals surface area contributed by atoms with Gasteiger partial charge in [-0.1, -0.05) is 6.07 Å². The van der Waals surface area contributed by atoms with Crippen LogP contribution in [0.4, 0.5) is 0 Å². The Labute approximate surface area is 233 Å². The van der Waals surface area contributed by atoms with Crippen molar-refractivity contribution in [2.24, 2.45) is 0 Å². The summed E-state index contributed by atoms with van der Waals surface area (Å²) in [5, 5.41) is 10.3. The Morgan fingerprint density at radius 1 is 0.684 bits per heavy atom. The third-order valence-electron chi connectivity index (χ3n) is 4.90. The average Bonchev–Trinajstić information content (AvgIpc) is 3.67. The molecule has 1 N–H and O–H groups in total. The zero-order chi connectivity index (χ0) is 27.9. The molecule has 0 radical (unpaired) electrons. The molecule has 3 aromatic heterocycles. The van der Waals surface area contributed by atoms with E-state index in [2.05, 4.69) is 0 Å². The molecule has 0 saturated heterocycles. The Morgan fingerprint density at radius 3 is 1.55 bits per heavy atom. The van der Waals surface area contributed by atoms with Gasteiger partial charge in [0.15, 0.2) is 0 Å². The molecule has 0 saturated carbocycles. The molecule has 0 atom stereocenters. The van der Waals surface area contributed by atoms with Crippen LogP contribution in [-0.4, -0.2) is 47.8 Å². The highest BCUT2D eigenvalue weighted by atomic mass is 32.1. The fraction of sp³-hybridized carbons (Fsp3) is 0.370. The SMILES string of the molecule is CCOC(=O)CCc1ccc(C(=O)C(=O)c2ccc(CCC(=O)OCC)s2)s1.O=C(O)CCc1cccs1. The smallest absolute Gasteiger partial charge is 0.306 e. The molecule has 8 nitrogen and oxygen atoms in total. The van der Waals surface area contributed by atoms with Crippen LogP contribution < -0.4 is 0 Å². The topological polar surface area (TPSA) is 124 Å². The molecule has 204 valence electrons. The third kappa shape index (κ3) is 11.1. The zero-order valence-corrected chi connectivity index (χ0v) is 23.7. The predicted octanol–water partition coefficient (Wildman–Crippen LogP) is 5.63. The van der Waals surface area contributed by atoms with Crippen LogP contribution in [0.2, 0.25) is 0 Å². The van der Waals surface area contributed by atoms with Gasteiger partial charge in [-0.3, -0.25) is 24.0 Å². The van der Waals surface area contributed by atoms with Crippen LogP contribution in [0.5, 0.6) is 0 Å². The molecule has 0 aliphatic rings. The number of carbonyl (C=O) groups is 5. The van der Waals surface area contributed by atoms with Gasteiger partial charge in [0.1, 0.15) is 0 Å². The van der Waals surface area contributed by atoms with E-state index in [0.29, 0.717) is 42.2 Å². The van der Waals surface area contributed by atoms with Gasteiger partial charge in [-0.05, 0) is 68.8 Å². The normalized spacial score (nSPS) is 10.3. The van der Waals surface area contributed by atoms with E-state index in [1.165, 1.54) is 22.7 Å². The van der Waals surface area contributed by atoms with E-state index in [0.717, 1.165) is 14.6 Å². The van der Waals surface area contributed by atoms with Crippen LogP contribution in [0.15, 0.2) is 41.8 Å². The molecule has 3 rings (SSSR count). The number of carboxylic acids is 1. The van der Waals surface area contributed by atoms with E-state index in [4.69, 9.17) is 14.6 Å². The number of ketones is 2. The molecular weight excluding hydrogens is 548 g/mol. The number of hydrogen-bond acceptors (Lipinski definition) is 10. The van der Waals surface area contributed by atoms with Crippen molar-refractivity contribution in [2.75, 3.05) is 13.2 Å². The highest BCUT2D eigenvalue weighted by Crippen LogP contribution is 2.24. The second kappa shape index (κ2) is 16.6. The average molecular weight is 579 g/mol. The number of aryl methyl sites for hydroxylation is 3. The quantitative estimate of drug-likeness (QED) is 0.148. The summed E-state index contributed by atoms with van der Waals surface area (Å²) in [4.78, 5) is 61.4. The van der Waals surface area contributed by atoms with Crippen molar-refractivity contribution in [1.29, 1.82) is 0 Å². The molecule has 0 fully saturated rings. The fourth-order valence-electron chi connectivity index (χ4n) is 3.09. The minimum Gasteiger partial charge on any atom is -0.481 e. The standard InChI is InChI=1S/C20H22O6S2.C7H8O2S/c1-3-25-17(21)11-7-13-5-9-15(27-13)19(23)20(24)16-10-6-14(28-16)8-12-18(22)26-4-2;8-7(9)4-3-6-2-1-5-10-6/h5-6,9-10H,3-4,7-8,11-12H2,1-2H3;1-2,5H,3-4H2,(H,8,9). The molecule has 0 bridgehead atoms. The van der Waals surface area contributed by atoms with Gasteiger partial charge in [0.2, 0.25) is 11.6 Å². The van der Waals surface area contributed by atoms with E-state index >= 15 is 0 Å². The lowest BCUT2D eigenvalue weighted by Gasteiger charge is -2.00. The first-order chi connectivity index (χ1) is 18.2.